The van der Waals surface area contributed by atoms with Gasteiger partial charge in [0.2, 0.25) is 10.0 Å². The molecule has 1 aliphatic rings. The Kier molecular flexibility index (Phi) is 5.39. The first-order chi connectivity index (χ1) is 14.7. The smallest absolute Gasteiger partial charge is 0.270 e. The molecule has 1 aromatic heterocycles. The van der Waals surface area contributed by atoms with Crippen LogP contribution in [0.3, 0.4) is 0 Å². The van der Waals surface area contributed by atoms with Crippen molar-refractivity contribution in [2.75, 3.05) is 24.2 Å². The fourth-order valence-corrected chi connectivity index (χ4v) is 4.71. The number of amides is 1. The second kappa shape index (κ2) is 7.88. The van der Waals surface area contributed by atoms with Gasteiger partial charge in [0.1, 0.15) is 13.5 Å². The van der Waals surface area contributed by atoms with E-state index < -0.39 is 10.0 Å². The molecule has 0 atom stereocenters. The van der Waals surface area contributed by atoms with Gasteiger partial charge >= 0.3 is 0 Å². The largest absolute Gasteiger partial charge is 0.354 e. The van der Waals surface area contributed by atoms with E-state index in [1.54, 1.807) is 23.9 Å². The third-order valence-electron chi connectivity index (χ3n) is 5.52. The van der Waals surface area contributed by atoms with Crippen LogP contribution in [0.15, 0.2) is 49.1 Å². The minimum atomic E-state index is -3.51. The quantitative estimate of drug-likeness (QED) is 0.449. The van der Waals surface area contributed by atoms with Gasteiger partial charge in [-0.1, -0.05) is 23.7 Å². The number of sulfonamides is 1. The predicted molar refractivity (Wildman–Crippen MR) is 127 cm³/mol. The van der Waals surface area contributed by atoms with Crippen molar-refractivity contribution in [1.29, 1.82) is 0 Å². The number of hydrogen-bond donors (Lipinski definition) is 1. The SMILES string of the molecule is Bc1ccc(-n2nc3cc(N(CC=C)S(C)(=O)=O)c(C4CC4)cc3c2C(=O)NC)cc1. The van der Waals surface area contributed by atoms with E-state index in [9.17, 15) is 13.2 Å². The summed E-state index contributed by atoms with van der Waals surface area (Å²) in [7, 11) is 0.0762. The molecule has 9 heteroatoms. The average Bonchev–Trinajstić information content (AvgIpc) is 3.51. The number of hydrogen-bond acceptors (Lipinski definition) is 4. The van der Waals surface area contributed by atoms with Crippen LogP contribution in [0.4, 0.5) is 5.69 Å². The Hall–Kier alpha value is -3.07. The monoisotopic (exact) mass is 436 g/mol. The lowest BCUT2D eigenvalue weighted by Crippen LogP contribution is -2.30. The summed E-state index contributed by atoms with van der Waals surface area (Å²) >= 11 is 0. The third kappa shape index (κ3) is 3.97. The number of carbonyl (C=O) groups is 1. The zero-order chi connectivity index (χ0) is 22.3. The van der Waals surface area contributed by atoms with E-state index in [4.69, 9.17) is 5.10 Å². The van der Waals surface area contributed by atoms with Crippen LogP contribution in [-0.4, -0.2) is 51.8 Å². The van der Waals surface area contributed by atoms with Crippen LogP contribution in [0.1, 0.15) is 34.8 Å². The molecule has 4 rings (SSSR count). The average molecular weight is 436 g/mol. The molecule has 7 nitrogen and oxygen atoms in total. The van der Waals surface area contributed by atoms with E-state index in [-0.39, 0.29) is 18.4 Å². The molecule has 31 heavy (non-hydrogen) atoms. The molecule has 0 saturated heterocycles. The van der Waals surface area contributed by atoms with Crippen LogP contribution < -0.4 is 15.1 Å². The Morgan fingerprint density at radius 3 is 2.55 bits per heavy atom. The third-order valence-corrected chi connectivity index (χ3v) is 6.67. The summed E-state index contributed by atoms with van der Waals surface area (Å²) < 4.78 is 28.0. The minimum absolute atomic E-state index is 0.172. The Balaban J connectivity index is 2.01. The molecular weight excluding hydrogens is 411 g/mol. The Labute approximate surface area is 183 Å². The molecule has 1 saturated carbocycles. The summed E-state index contributed by atoms with van der Waals surface area (Å²) in [4.78, 5) is 12.8. The zero-order valence-corrected chi connectivity index (χ0v) is 18.7. The van der Waals surface area contributed by atoms with Crippen LogP contribution in [0.25, 0.3) is 16.6 Å². The molecule has 1 fully saturated rings. The van der Waals surface area contributed by atoms with E-state index in [0.29, 0.717) is 22.3 Å². The zero-order valence-electron chi connectivity index (χ0n) is 17.9. The molecule has 2 aromatic carbocycles. The number of aromatic nitrogens is 2. The van der Waals surface area contributed by atoms with Gasteiger partial charge in [0.15, 0.2) is 0 Å². The summed E-state index contributed by atoms with van der Waals surface area (Å²) in [6.45, 7) is 3.88. The first kappa shape index (κ1) is 21.2. The molecule has 1 amide bonds. The number of nitrogens with zero attached hydrogens (tertiary/aromatic N) is 3. The number of benzene rings is 2. The molecule has 0 radical (unpaired) electrons. The van der Waals surface area contributed by atoms with E-state index in [0.717, 1.165) is 29.6 Å². The van der Waals surface area contributed by atoms with Gasteiger partial charge in [-0.05, 0) is 48.6 Å². The number of nitrogens with one attached hydrogen (secondary N) is 1. The number of carbonyl (C=O) groups excluding carboxylic acids is 1. The van der Waals surface area contributed by atoms with Gasteiger partial charge < -0.3 is 5.32 Å². The van der Waals surface area contributed by atoms with Gasteiger partial charge in [-0.3, -0.25) is 9.10 Å². The minimum Gasteiger partial charge on any atom is -0.354 e. The van der Waals surface area contributed by atoms with Gasteiger partial charge in [0.25, 0.3) is 5.91 Å². The summed E-state index contributed by atoms with van der Waals surface area (Å²) in [6, 6.07) is 11.5. The topological polar surface area (TPSA) is 84.3 Å². The fraction of sp³-hybridized carbons (Fsp3) is 0.273. The lowest BCUT2D eigenvalue weighted by Gasteiger charge is -2.24. The molecule has 1 aliphatic carbocycles. The molecule has 0 aliphatic heterocycles. The maximum absolute atomic E-state index is 12.8. The molecule has 0 spiro atoms. The lowest BCUT2D eigenvalue weighted by atomic mass is 9.96. The molecule has 1 heterocycles. The van der Waals surface area contributed by atoms with Crippen LogP contribution in [-0.2, 0) is 10.0 Å². The second-order valence-corrected chi connectivity index (χ2v) is 9.87. The van der Waals surface area contributed by atoms with Gasteiger partial charge in [0.05, 0.1) is 29.7 Å². The second-order valence-electron chi connectivity index (χ2n) is 7.96. The first-order valence-electron chi connectivity index (χ1n) is 10.2. The molecule has 1 N–H and O–H groups in total. The highest BCUT2D eigenvalue weighted by molar-refractivity contribution is 7.92. The van der Waals surface area contributed by atoms with Crippen molar-refractivity contribution in [2.24, 2.45) is 0 Å². The first-order valence-corrected chi connectivity index (χ1v) is 12.0. The predicted octanol–water partition coefficient (Wildman–Crippen LogP) is 1.47. The normalized spacial score (nSPS) is 13.9. The molecule has 3 aromatic rings. The number of rotatable bonds is 7. The van der Waals surface area contributed by atoms with Crippen molar-refractivity contribution >= 4 is 45.8 Å². The van der Waals surface area contributed by atoms with Gasteiger partial charge in [-0.15, -0.1) is 6.58 Å². The number of fused-ring (bicyclic) bond motifs is 1. The highest BCUT2D eigenvalue weighted by Crippen LogP contribution is 2.46. The number of anilines is 1. The van der Waals surface area contributed by atoms with Crippen molar-refractivity contribution in [1.82, 2.24) is 15.1 Å². The molecule has 0 unspecified atom stereocenters. The maximum atomic E-state index is 12.8. The highest BCUT2D eigenvalue weighted by atomic mass is 32.2. The fourth-order valence-electron chi connectivity index (χ4n) is 3.81. The summed E-state index contributed by atoms with van der Waals surface area (Å²) in [6.07, 6.45) is 4.75. The lowest BCUT2D eigenvalue weighted by molar-refractivity contribution is 0.0957. The van der Waals surface area contributed by atoms with E-state index in [1.807, 2.05) is 38.2 Å². The van der Waals surface area contributed by atoms with Gasteiger partial charge in [0, 0.05) is 12.4 Å². The summed E-state index contributed by atoms with van der Waals surface area (Å²) in [5, 5.41) is 8.11. The molecular formula is C22H25BN4O3S. The van der Waals surface area contributed by atoms with Gasteiger partial charge in [-0.2, -0.15) is 5.10 Å². The van der Waals surface area contributed by atoms with Crippen LogP contribution in [0, 0.1) is 0 Å². The Morgan fingerprint density at radius 1 is 1.32 bits per heavy atom. The van der Waals surface area contributed by atoms with Gasteiger partial charge in [-0.25, -0.2) is 13.1 Å². The van der Waals surface area contributed by atoms with Crippen molar-refractivity contribution in [3.8, 4) is 5.69 Å². The van der Waals surface area contributed by atoms with E-state index in [2.05, 4.69) is 11.9 Å². The molecule has 0 bridgehead atoms. The highest BCUT2D eigenvalue weighted by Gasteiger charge is 2.32. The van der Waals surface area contributed by atoms with Crippen molar-refractivity contribution in [2.45, 2.75) is 18.8 Å². The Morgan fingerprint density at radius 2 is 2.00 bits per heavy atom. The molecule has 160 valence electrons. The van der Waals surface area contributed by atoms with E-state index in [1.165, 1.54) is 10.6 Å². The standard InChI is InChI=1S/C22H25BN4O3S/c1-4-11-26(31(3,29)30)20-13-19-18(12-17(20)14-5-6-14)21(22(28)24-2)27(25-19)16-9-7-15(23)8-10-16/h4,7-10,12-14H,1,5-6,11,23H2,2-3H3,(H,24,28). The van der Waals surface area contributed by atoms with Crippen molar-refractivity contribution in [3.63, 3.8) is 0 Å². The van der Waals surface area contributed by atoms with Crippen molar-refractivity contribution in [3.05, 3.63) is 60.3 Å². The summed E-state index contributed by atoms with van der Waals surface area (Å²) in [5.74, 6) is 0.0253. The Bertz CT molecular complexity index is 1280. The van der Waals surface area contributed by atoms with Crippen LogP contribution in [0.2, 0.25) is 0 Å². The van der Waals surface area contributed by atoms with Crippen LogP contribution >= 0.6 is 0 Å². The maximum Gasteiger partial charge on any atom is 0.270 e. The van der Waals surface area contributed by atoms with Crippen LogP contribution in [0.5, 0.6) is 0 Å². The van der Waals surface area contributed by atoms with Crippen molar-refractivity contribution < 1.29 is 13.2 Å². The summed E-state index contributed by atoms with van der Waals surface area (Å²) in [5.41, 5.74) is 4.40. The van der Waals surface area contributed by atoms with E-state index >= 15 is 0 Å².